The smallest absolute Gasteiger partial charge is 0.341 e. The second-order valence-corrected chi connectivity index (χ2v) is 19.7. The van der Waals surface area contributed by atoms with Crippen LogP contribution in [0.1, 0.15) is 72.2 Å². The van der Waals surface area contributed by atoms with Gasteiger partial charge >= 0.3 is 23.9 Å². The summed E-state index contributed by atoms with van der Waals surface area (Å²) in [5.74, 6) is -10.6. The highest BCUT2D eigenvalue weighted by molar-refractivity contribution is 9.10. The minimum absolute atomic E-state index is 0.328. The highest BCUT2D eigenvalue weighted by atomic mass is 79.9. The van der Waals surface area contributed by atoms with Gasteiger partial charge in [0.05, 0.1) is 29.8 Å². The van der Waals surface area contributed by atoms with Crippen LogP contribution in [0.2, 0.25) is 0 Å². The number of rotatable bonds is 5. The number of nitrogens with one attached hydrogen (secondary N) is 1. The molecule has 9 rings (SSSR count). The average molecular weight is 861 g/mol. The maximum Gasteiger partial charge on any atom is 0.341 e. The van der Waals surface area contributed by atoms with Gasteiger partial charge in [-0.3, -0.25) is 19.2 Å². The van der Waals surface area contributed by atoms with E-state index in [2.05, 4.69) is 21.2 Å². The molecule has 1 amide bonds. The van der Waals surface area contributed by atoms with Crippen LogP contribution >= 0.6 is 15.9 Å². The van der Waals surface area contributed by atoms with Crippen LogP contribution < -0.4 is 5.32 Å². The van der Waals surface area contributed by atoms with Gasteiger partial charge in [-0.2, -0.15) is 0 Å². The summed E-state index contributed by atoms with van der Waals surface area (Å²) < 4.78 is 37.8. The van der Waals surface area contributed by atoms with Crippen molar-refractivity contribution in [2.45, 2.75) is 128 Å². The van der Waals surface area contributed by atoms with Crippen molar-refractivity contribution in [2.24, 2.45) is 57.7 Å². The van der Waals surface area contributed by atoms with E-state index in [9.17, 15) is 39.3 Å². The largest absolute Gasteiger partial charge is 0.459 e. The van der Waals surface area contributed by atoms with Gasteiger partial charge in [-0.1, -0.05) is 36.7 Å². The van der Waals surface area contributed by atoms with Crippen molar-refractivity contribution >= 4 is 45.7 Å². The molecule has 5 aliphatic carbocycles. The number of fused-ring (bicyclic) bond motifs is 9. The highest BCUT2D eigenvalue weighted by Crippen LogP contribution is 2.80. The molecular formula is C41H50BrNO14. The number of esters is 4. The number of benzene rings is 1. The predicted octanol–water partition coefficient (Wildman–Crippen LogP) is 2.04. The van der Waals surface area contributed by atoms with Crippen molar-refractivity contribution in [1.82, 2.24) is 5.32 Å². The Hall–Kier alpha value is -3.15. The van der Waals surface area contributed by atoms with Crippen molar-refractivity contribution in [3.8, 4) is 0 Å². The minimum Gasteiger partial charge on any atom is -0.459 e. The van der Waals surface area contributed by atoms with Gasteiger partial charge in [0.1, 0.15) is 30.5 Å². The van der Waals surface area contributed by atoms with Crippen LogP contribution in [0.25, 0.3) is 0 Å². The van der Waals surface area contributed by atoms with E-state index in [4.69, 9.17) is 28.4 Å². The molecular weight excluding hydrogens is 810 g/mol. The molecule has 0 radical (unpaired) electrons. The first-order valence-corrected chi connectivity index (χ1v) is 20.6. The van der Waals surface area contributed by atoms with Gasteiger partial charge < -0.3 is 49.1 Å². The number of hydrogen-bond donors (Lipinski definition) is 4. The number of hydrogen-bond acceptors (Lipinski definition) is 14. The zero-order valence-electron chi connectivity index (χ0n) is 33.0. The van der Waals surface area contributed by atoms with Crippen molar-refractivity contribution in [1.29, 1.82) is 0 Å². The Morgan fingerprint density at radius 3 is 2.07 bits per heavy atom. The van der Waals surface area contributed by atoms with Crippen LogP contribution in [0.5, 0.6) is 0 Å². The summed E-state index contributed by atoms with van der Waals surface area (Å²) >= 11 is 3.41. The molecule has 0 bridgehead atoms. The molecule has 3 saturated heterocycles. The predicted molar refractivity (Wildman–Crippen MR) is 196 cm³/mol. The summed E-state index contributed by atoms with van der Waals surface area (Å²) in [6.07, 6.45) is -7.57. The Morgan fingerprint density at radius 2 is 1.46 bits per heavy atom. The Balaban J connectivity index is 1.28. The van der Waals surface area contributed by atoms with Crippen LogP contribution in [0.15, 0.2) is 28.7 Å². The monoisotopic (exact) mass is 859 g/mol. The van der Waals surface area contributed by atoms with Gasteiger partial charge in [-0.05, 0) is 68.2 Å². The van der Waals surface area contributed by atoms with Crippen LogP contribution in [0, 0.1) is 57.7 Å². The van der Waals surface area contributed by atoms with Gasteiger partial charge in [-0.15, -0.1) is 0 Å². The fourth-order valence-corrected chi connectivity index (χ4v) is 14.4. The van der Waals surface area contributed by atoms with Crippen LogP contribution in [0.3, 0.4) is 0 Å². The minimum atomic E-state index is -2.13. The Bertz CT molecular complexity index is 1960. The fraction of sp³-hybridized carbons (Fsp3) is 0.732. The van der Waals surface area contributed by atoms with E-state index in [1.165, 1.54) is 27.7 Å². The number of aliphatic hydroxyl groups is 3. The van der Waals surface area contributed by atoms with E-state index in [0.29, 0.717) is 12.0 Å². The molecule has 0 aromatic heterocycles. The summed E-state index contributed by atoms with van der Waals surface area (Å²) in [6.45, 7) is 12.4. The molecule has 3 heterocycles. The van der Waals surface area contributed by atoms with E-state index in [1.54, 1.807) is 31.2 Å². The lowest BCUT2D eigenvalue weighted by Crippen LogP contribution is -2.77. The zero-order valence-corrected chi connectivity index (χ0v) is 34.6. The first-order valence-electron chi connectivity index (χ1n) is 19.8. The van der Waals surface area contributed by atoms with Gasteiger partial charge in [0.25, 0.3) is 5.91 Å². The molecule has 1 aromatic carbocycles. The van der Waals surface area contributed by atoms with E-state index in [0.717, 1.165) is 4.47 Å². The number of carbonyl (C=O) groups excluding carboxylic acids is 5. The molecule has 1 aromatic rings. The standard InChI is InChI=1S/C41H50BrNO14/c1-14-23-26(39(7)40(8,51)36(50)57-41(39)32(14)56-41)29(48)24-22-25(31(52-15(2)44)34(38(23,24)6)54-17(4)46)37(5)20(13-21-30(55-21)33(37)53-16(3)45)27(28(22)47)43-35(49)18-9-11-19(42)12-10-18/h9-12,14,20-34,47-48,51H,13H2,1-8H3,(H,43,49)/t14-,20+,21-,22-,23-,24+,25+,26-,27-,28+,29+,30-,31-,32+,33-,34-,37-,38+,39-,40+,41-/m0/s1. The van der Waals surface area contributed by atoms with Crippen molar-refractivity contribution in [2.75, 3.05) is 0 Å². The normalized spacial score (nSPS) is 53.2. The first kappa shape index (κ1) is 39.3. The Labute approximate surface area is 337 Å². The third-order valence-corrected chi connectivity index (χ3v) is 16.9. The summed E-state index contributed by atoms with van der Waals surface area (Å²) in [5, 5.41) is 41.5. The molecule has 8 fully saturated rings. The number of halogens is 1. The zero-order chi connectivity index (χ0) is 41.3. The van der Waals surface area contributed by atoms with Crippen LogP contribution in [-0.4, -0.2) is 111 Å². The molecule has 1 spiro atoms. The lowest BCUT2D eigenvalue weighted by molar-refractivity contribution is -0.286. The maximum absolute atomic E-state index is 14.1. The third kappa shape index (κ3) is 4.79. The first-order chi connectivity index (χ1) is 26.6. The number of epoxide rings is 2. The van der Waals surface area contributed by atoms with E-state index in [-0.39, 0.29) is 6.10 Å². The summed E-state index contributed by atoms with van der Waals surface area (Å²) in [4.78, 5) is 67.2. The second kappa shape index (κ2) is 12.2. The van der Waals surface area contributed by atoms with E-state index >= 15 is 0 Å². The molecule has 3 aliphatic heterocycles. The molecule has 4 N–H and O–H groups in total. The van der Waals surface area contributed by atoms with Crippen LogP contribution in [-0.2, 0) is 47.6 Å². The summed E-state index contributed by atoms with van der Waals surface area (Å²) in [6, 6.07) is 5.73. The maximum atomic E-state index is 14.1. The van der Waals surface area contributed by atoms with Gasteiger partial charge in [-0.25, -0.2) is 4.79 Å². The summed E-state index contributed by atoms with van der Waals surface area (Å²) in [5.41, 5.74) is -5.90. The van der Waals surface area contributed by atoms with E-state index in [1.807, 2.05) is 20.8 Å². The number of carbonyl (C=O) groups is 5. The molecule has 57 heavy (non-hydrogen) atoms. The second-order valence-electron chi connectivity index (χ2n) is 18.7. The topological polar surface area (TPSA) is 220 Å². The SMILES string of the molecule is CC(=O)O[C@H]1[C@H]2[C@@H]([C@@H](O)[C@@H](NC(=O)c3ccc(Br)cc3)[C@H]3C[C@@H]4O[C@@H]4[C@H](OC(C)=O)[C@]23C)[C@@H]2[C@@H](O)[C@@H]3[C@H]([C@H](C)[C@H]4O[C@]45OC(=O)[C@@](C)(O)[C@]35C)[C@@]2(C)[C@H]1OC(C)=O. The Kier molecular flexibility index (Phi) is 8.43. The Morgan fingerprint density at radius 1 is 0.842 bits per heavy atom. The summed E-state index contributed by atoms with van der Waals surface area (Å²) in [7, 11) is 0. The molecule has 15 nitrogen and oxygen atoms in total. The molecule has 21 atom stereocenters. The number of ether oxygens (including phenoxy) is 6. The van der Waals surface area contributed by atoms with Crippen molar-refractivity contribution < 1.29 is 67.7 Å². The molecule has 8 aliphatic rings. The quantitative estimate of drug-likeness (QED) is 0.189. The lowest BCUT2D eigenvalue weighted by atomic mass is 9.40. The van der Waals surface area contributed by atoms with Gasteiger partial charge in [0.2, 0.25) is 5.79 Å². The number of aliphatic hydroxyl groups excluding tert-OH is 2. The molecule has 5 saturated carbocycles. The van der Waals surface area contributed by atoms with Crippen molar-refractivity contribution in [3.05, 3.63) is 34.3 Å². The van der Waals surface area contributed by atoms with E-state index < -0.39 is 148 Å². The third-order valence-electron chi connectivity index (χ3n) is 16.4. The lowest BCUT2D eigenvalue weighted by Gasteiger charge is -2.67. The molecule has 16 heteroatoms. The van der Waals surface area contributed by atoms with Crippen LogP contribution in [0.4, 0.5) is 0 Å². The number of amides is 1. The molecule has 310 valence electrons. The average Bonchev–Trinajstić information content (AvgIpc) is 4.03. The van der Waals surface area contributed by atoms with Gasteiger partial charge in [0.15, 0.2) is 5.60 Å². The van der Waals surface area contributed by atoms with Gasteiger partial charge in [0, 0.05) is 59.4 Å². The highest BCUT2D eigenvalue weighted by Gasteiger charge is 2.93. The van der Waals surface area contributed by atoms with Crippen molar-refractivity contribution in [3.63, 3.8) is 0 Å². The fourth-order valence-electron chi connectivity index (χ4n) is 14.2. The molecule has 0 unspecified atom stereocenters.